The van der Waals surface area contributed by atoms with Crippen LogP contribution < -0.4 is 9.47 Å². The molecule has 0 saturated carbocycles. The first-order valence-corrected chi connectivity index (χ1v) is 6.21. The second-order valence-electron chi connectivity index (χ2n) is 4.26. The van der Waals surface area contributed by atoms with E-state index in [2.05, 4.69) is 11.8 Å². The van der Waals surface area contributed by atoms with Crippen molar-refractivity contribution in [3.05, 3.63) is 59.4 Å². The van der Waals surface area contributed by atoms with Crippen LogP contribution in [0.3, 0.4) is 0 Å². The first kappa shape index (κ1) is 14.0. The van der Waals surface area contributed by atoms with Crippen molar-refractivity contribution in [2.45, 2.75) is 6.92 Å². The van der Waals surface area contributed by atoms with Crippen LogP contribution in [0.4, 0.5) is 4.39 Å². The minimum absolute atomic E-state index is 0.218. The van der Waals surface area contributed by atoms with E-state index in [9.17, 15) is 4.39 Å². The summed E-state index contributed by atoms with van der Waals surface area (Å²) in [5, 5.41) is 0. The van der Waals surface area contributed by atoms with Crippen LogP contribution >= 0.6 is 0 Å². The van der Waals surface area contributed by atoms with E-state index in [4.69, 9.17) is 9.47 Å². The Kier molecular flexibility index (Phi) is 4.62. The molecule has 20 heavy (non-hydrogen) atoms. The topological polar surface area (TPSA) is 18.5 Å². The lowest BCUT2D eigenvalue weighted by Crippen LogP contribution is -1.97. The fourth-order valence-electron chi connectivity index (χ4n) is 1.71. The molecule has 2 aromatic carbocycles. The zero-order valence-corrected chi connectivity index (χ0v) is 11.4. The third-order valence-electron chi connectivity index (χ3n) is 2.68. The molecule has 0 aromatic heterocycles. The summed E-state index contributed by atoms with van der Waals surface area (Å²) in [4.78, 5) is 0. The Bertz CT molecular complexity index is 654. The second-order valence-corrected chi connectivity index (χ2v) is 4.26. The van der Waals surface area contributed by atoms with Gasteiger partial charge in [0.25, 0.3) is 0 Å². The molecule has 0 N–H and O–H groups in total. The zero-order valence-electron chi connectivity index (χ0n) is 11.4. The SMILES string of the molecule is COc1cc(C)ccc1OCC#Cc1cccc(F)c1. The van der Waals surface area contributed by atoms with Crippen LogP contribution in [0.15, 0.2) is 42.5 Å². The zero-order chi connectivity index (χ0) is 14.4. The fraction of sp³-hybridized carbons (Fsp3) is 0.176. The number of benzene rings is 2. The summed E-state index contributed by atoms with van der Waals surface area (Å²) in [5.74, 6) is 6.73. The quantitative estimate of drug-likeness (QED) is 0.794. The normalized spacial score (nSPS) is 9.55. The molecule has 0 spiro atoms. The first-order valence-electron chi connectivity index (χ1n) is 6.21. The highest BCUT2D eigenvalue weighted by Gasteiger charge is 2.02. The van der Waals surface area contributed by atoms with Gasteiger partial charge in [0.15, 0.2) is 11.5 Å². The molecule has 0 unspecified atom stereocenters. The van der Waals surface area contributed by atoms with Gasteiger partial charge in [-0.15, -0.1) is 0 Å². The monoisotopic (exact) mass is 270 g/mol. The Morgan fingerprint density at radius 2 is 1.95 bits per heavy atom. The Hall–Kier alpha value is -2.47. The molecule has 0 aliphatic carbocycles. The molecule has 2 rings (SSSR count). The molecular weight excluding hydrogens is 255 g/mol. The van der Waals surface area contributed by atoms with Crippen molar-refractivity contribution in [2.24, 2.45) is 0 Å². The van der Waals surface area contributed by atoms with Crippen molar-refractivity contribution in [1.82, 2.24) is 0 Å². The van der Waals surface area contributed by atoms with E-state index in [-0.39, 0.29) is 12.4 Å². The number of hydrogen-bond acceptors (Lipinski definition) is 2. The van der Waals surface area contributed by atoms with Gasteiger partial charge in [0.2, 0.25) is 0 Å². The maximum Gasteiger partial charge on any atom is 0.162 e. The molecule has 0 aliphatic rings. The Morgan fingerprint density at radius 1 is 1.10 bits per heavy atom. The molecule has 0 heterocycles. The van der Waals surface area contributed by atoms with E-state index in [1.54, 1.807) is 19.2 Å². The number of halogens is 1. The summed E-state index contributed by atoms with van der Waals surface area (Å²) in [5.41, 5.74) is 1.73. The smallest absolute Gasteiger partial charge is 0.162 e. The van der Waals surface area contributed by atoms with Gasteiger partial charge in [0.1, 0.15) is 12.4 Å². The molecule has 0 amide bonds. The van der Waals surface area contributed by atoms with Crippen LogP contribution in [0.2, 0.25) is 0 Å². The van der Waals surface area contributed by atoms with Crippen molar-refractivity contribution >= 4 is 0 Å². The molecule has 2 aromatic rings. The van der Waals surface area contributed by atoms with Crippen LogP contribution in [0.5, 0.6) is 11.5 Å². The molecule has 0 atom stereocenters. The molecule has 3 heteroatoms. The Balaban J connectivity index is 2.00. The van der Waals surface area contributed by atoms with Crippen LogP contribution in [-0.2, 0) is 0 Å². The van der Waals surface area contributed by atoms with Gasteiger partial charge in [-0.25, -0.2) is 4.39 Å². The number of aryl methyl sites for hydroxylation is 1. The van der Waals surface area contributed by atoms with Crippen molar-refractivity contribution in [3.63, 3.8) is 0 Å². The van der Waals surface area contributed by atoms with Crippen molar-refractivity contribution in [3.8, 4) is 23.3 Å². The van der Waals surface area contributed by atoms with E-state index in [1.165, 1.54) is 12.1 Å². The van der Waals surface area contributed by atoms with Crippen LogP contribution in [0, 0.1) is 24.6 Å². The standard InChI is InChI=1S/C17H15FO2/c1-13-8-9-16(17(11-13)19-2)20-10-4-6-14-5-3-7-15(18)12-14/h3,5,7-9,11-12H,10H2,1-2H3. The number of hydrogen-bond donors (Lipinski definition) is 0. The summed E-state index contributed by atoms with van der Waals surface area (Å²) in [7, 11) is 1.60. The van der Waals surface area contributed by atoms with Gasteiger partial charge < -0.3 is 9.47 Å². The Labute approximate surface area is 118 Å². The molecular formula is C17H15FO2. The van der Waals surface area contributed by atoms with Crippen molar-refractivity contribution < 1.29 is 13.9 Å². The highest BCUT2D eigenvalue weighted by molar-refractivity contribution is 5.43. The minimum Gasteiger partial charge on any atom is -0.493 e. The predicted molar refractivity (Wildman–Crippen MR) is 76.5 cm³/mol. The average Bonchev–Trinajstić information content (AvgIpc) is 2.45. The van der Waals surface area contributed by atoms with Gasteiger partial charge in [0, 0.05) is 5.56 Å². The third kappa shape index (κ3) is 3.76. The van der Waals surface area contributed by atoms with E-state index < -0.39 is 0 Å². The summed E-state index contributed by atoms with van der Waals surface area (Å²) in [6.07, 6.45) is 0. The number of rotatable bonds is 3. The van der Waals surface area contributed by atoms with E-state index in [1.807, 2.05) is 25.1 Å². The minimum atomic E-state index is -0.294. The van der Waals surface area contributed by atoms with Gasteiger partial charge in [-0.3, -0.25) is 0 Å². The molecule has 0 radical (unpaired) electrons. The van der Waals surface area contributed by atoms with Crippen LogP contribution in [-0.4, -0.2) is 13.7 Å². The fourth-order valence-corrected chi connectivity index (χ4v) is 1.71. The average molecular weight is 270 g/mol. The third-order valence-corrected chi connectivity index (χ3v) is 2.68. The lowest BCUT2D eigenvalue weighted by Gasteiger charge is -2.08. The molecule has 0 aliphatic heterocycles. The molecule has 0 fully saturated rings. The maximum absolute atomic E-state index is 13.0. The number of ether oxygens (including phenoxy) is 2. The van der Waals surface area contributed by atoms with Gasteiger partial charge >= 0.3 is 0 Å². The van der Waals surface area contributed by atoms with E-state index in [0.29, 0.717) is 17.1 Å². The van der Waals surface area contributed by atoms with Gasteiger partial charge in [-0.2, -0.15) is 0 Å². The highest BCUT2D eigenvalue weighted by Crippen LogP contribution is 2.27. The lowest BCUT2D eigenvalue weighted by molar-refractivity contribution is 0.330. The summed E-state index contributed by atoms with van der Waals surface area (Å²) in [6.45, 7) is 2.20. The molecule has 2 nitrogen and oxygen atoms in total. The van der Waals surface area contributed by atoms with E-state index >= 15 is 0 Å². The summed E-state index contributed by atoms with van der Waals surface area (Å²) < 4.78 is 23.7. The van der Waals surface area contributed by atoms with Crippen molar-refractivity contribution in [1.29, 1.82) is 0 Å². The van der Waals surface area contributed by atoms with Gasteiger partial charge in [-0.1, -0.05) is 24.0 Å². The molecule has 102 valence electrons. The van der Waals surface area contributed by atoms with Crippen molar-refractivity contribution in [2.75, 3.05) is 13.7 Å². The molecule has 0 bridgehead atoms. The van der Waals surface area contributed by atoms with Crippen LogP contribution in [0.1, 0.15) is 11.1 Å². The maximum atomic E-state index is 13.0. The lowest BCUT2D eigenvalue weighted by atomic mass is 10.2. The summed E-state index contributed by atoms with van der Waals surface area (Å²) >= 11 is 0. The summed E-state index contributed by atoms with van der Waals surface area (Å²) in [6, 6.07) is 11.8. The molecule has 0 saturated heterocycles. The van der Waals surface area contributed by atoms with Gasteiger partial charge in [0.05, 0.1) is 7.11 Å². The first-order chi connectivity index (χ1) is 9.69. The second kappa shape index (κ2) is 6.63. The predicted octanol–water partition coefficient (Wildman–Crippen LogP) is 3.57. The van der Waals surface area contributed by atoms with Gasteiger partial charge in [-0.05, 0) is 42.8 Å². The van der Waals surface area contributed by atoms with Crippen LogP contribution in [0.25, 0.3) is 0 Å². The van der Waals surface area contributed by atoms with E-state index in [0.717, 1.165) is 5.56 Å². The number of methoxy groups -OCH3 is 1. The largest absolute Gasteiger partial charge is 0.493 e. The Morgan fingerprint density at radius 3 is 2.70 bits per heavy atom. The highest BCUT2D eigenvalue weighted by atomic mass is 19.1.